The molecule has 3 aromatic carbocycles. The Morgan fingerprint density at radius 1 is 1.05 bits per heavy atom. The second-order valence-corrected chi connectivity index (χ2v) is 23.8. The molecular weight excluding hydrogens is 1090 g/mol. The van der Waals surface area contributed by atoms with E-state index in [4.69, 9.17) is 53.1 Å². The minimum atomic E-state index is -3.70. The van der Waals surface area contributed by atoms with Crippen LogP contribution in [0.5, 0.6) is 5.75 Å². The summed E-state index contributed by atoms with van der Waals surface area (Å²) in [6.07, 6.45) is 5.25. The average Bonchev–Trinajstić information content (AvgIpc) is 3.98. The van der Waals surface area contributed by atoms with Gasteiger partial charge in [0.2, 0.25) is 5.91 Å². The van der Waals surface area contributed by atoms with Crippen molar-refractivity contribution in [1.29, 1.82) is 0 Å². The first-order chi connectivity index (χ1) is 35.9. The Bertz CT molecular complexity index is 2910. The quantitative estimate of drug-likeness (QED) is 0.0217. The SMILES string of the molecule is CC(C)=C1OC(=O)N(c2cc(OC3CCCC3)c(Cl)cc2F)C1=O.CCc1cccc(C)c1N(C(=O)CCl)C(C)COC.CP(=O)(O)CCC(N)C(=O)O.CS(=O)(=O)c1ccc(C(=O)C2C(=O)CCCC2=O)c([N+](=O)[O-])c1. The van der Waals surface area contributed by atoms with Gasteiger partial charge in [-0.05, 0) is 108 Å². The first-order valence-electron chi connectivity index (χ1n) is 24.1. The van der Waals surface area contributed by atoms with E-state index in [0.29, 0.717) is 23.5 Å². The molecule has 0 radical (unpaired) electrons. The van der Waals surface area contributed by atoms with Crippen LogP contribution in [0.3, 0.4) is 0 Å². The molecule has 0 bridgehead atoms. The van der Waals surface area contributed by atoms with Crippen LogP contribution in [0.15, 0.2) is 64.8 Å². The van der Waals surface area contributed by atoms with Crippen molar-refractivity contribution >= 4 is 98.7 Å². The molecule has 4 N–H and O–H groups in total. The third-order valence-electron chi connectivity index (χ3n) is 12.0. The van der Waals surface area contributed by atoms with E-state index in [9.17, 15) is 61.0 Å². The predicted molar refractivity (Wildman–Crippen MR) is 285 cm³/mol. The number of aliphatic carboxylic acids is 1. The lowest BCUT2D eigenvalue weighted by Crippen LogP contribution is -2.43. The summed E-state index contributed by atoms with van der Waals surface area (Å²) >= 11 is 11.8. The molecule has 3 atom stereocenters. The maximum Gasteiger partial charge on any atom is 0.427 e. The van der Waals surface area contributed by atoms with Gasteiger partial charge in [-0.3, -0.25) is 43.4 Å². The highest BCUT2D eigenvalue weighted by molar-refractivity contribution is 7.90. The second kappa shape index (κ2) is 29.2. The van der Waals surface area contributed by atoms with E-state index in [0.717, 1.165) is 79.4 Å². The van der Waals surface area contributed by atoms with Crippen LogP contribution in [-0.4, -0.2) is 121 Å². The van der Waals surface area contributed by atoms with Crippen molar-refractivity contribution in [2.45, 2.75) is 115 Å². The third kappa shape index (κ3) is 18.3. The molecule has 3 unspecified atom stereocenters. The largest absolute Gasteiger partial charge is 0.489 e. The number of anilines is 2. The summed E-state index contributed by atoms with van der Waals surface area (Å²) in [5, 5.41) is 19.5. The van der Waals surface area contributed by atoms with E-state index in [2.05, 4.69) is 13.0 Å². The maximum atomic E-state index is 14.3. The number of ketones is 3. The number of carbonyl (C=O) groups excluding carboxylic acids is 6. The standard InChI is InChI=1S/C17H17ClFNO4.C15H22ClNO2.C14H13NO7S.C5H12NO4P/c1-9(2)15-16(21)20(17(22)24-15)13-8-14(11(18)7-12(13)19)23-10-5-3-4-6-10;1-5-13-8-6-7-11(2)15(13)17(14(18)9-16)12(3)10-19-4;1-23(21,22)8-5-6-9(10(7-8)15(19)20)14(18)13-11(16)3-2-4-12(13)17;1-11(9,10)3-2-4(6)5(7)8/h7-8,10H,3-6H2,1-2H3;6-8,12H,5,9-10H2,1-4H3;5-7,13H,2-4H2,1H3;4H,2-3,6H2,1H3,(H,7,8)(H,9,10). The minimum Gasteiger partial charge on any atom is -0.489 e. The fourth-order valence-corrected chi connectivity index (χ4v) is 9.85. The number of nitrogens with two attached hydrogens (primary N) is 1. The van der Waals surface area contributed by atoms with Gasteiger partial charge in [0.15, 0.2) is 40.3 Å². The summed E-state index contributed by atoms with van der Waals surface area (Å²) < 4.78 is 63.8. The van der Waals surface area contributed by atoms with Crippen LogP contribution >= 0.6 is 30.6 Å². The number of halogens is 3. The highest BCUT2D eigenvalue weighted by Crippen LogP contribution is 2.38. The molecule has 422 valence electrons. The molecule has 3 amide bonds. The number of ether oxygens (including phenoxy) is 3. The van der Waals surface area contributed by atoms with Crippen molar-refractivity contribution in [1.82, 2.24) is 0 Å². The van der Waals surface area contributed by atoms with Crippen LogP contribution in [0, 0.1) is 28.8 Å². The Kier molecular flexibility index (Phi) is 24.7. The topological polar surface area (TPSA) is 314 Å². The predicted octanol–water partition coefficient (Wildman–Crippen LogP) is 8.55. The number of nitrogens with zero attached hydrogens (tertiary/aromatic N) is 3. The number of carboxylic acid groups (broad SMARTS) is 1. The number of cyclic esters (lactones) is 1. The molecule has 2 aliphatic carbocycles. The molecule has 0 spiro atoms. The first kappa shape index (κ1) is 65.3. The van der Waals surface area contributed by atoms with Gasteiger partial charge in [0.05, 0.1) is 50.5 Å². The van der Waals surface area contributed by atoms with Crippen LogP contribution < -0.4 is 20.3 Å². The number of rotatable bonds is 17. The van der Waals surface area contributed by atoms with Crippen LogP contribution in [0.1, 0.15) is 101 Å². The zero-order chi connectivity index (χ0) is 58.3. The fraction of sp³-hybridized carbons (Fsp3) is 0.471. The number of nitro groups is 1. The van der Waals surface area contributed by atoms with Gasteiger partial charge in [0, 0.05) is 51.2 Å². The number of alkyl halides is 1. The van der Waals surface area contributed by atoms with Gasteiger partial charge in [-0.2, -0.15) is 0 Å². The second-order valence-electron chi connectivity index (χ2n) is 18.5. The molecule has 1 heterocycles. The van der Waals surface area contributed by atoms with Crippen molar-refractivity contribution < 1.29 is 80.1 Å². The maximum absolute atomic E-state index is 14.3. The number of hydrogen-bond acceptors (Lipinski definition) is 16. The van der Waals surface area contributed by atoms with Gasteiger partial charge in [-0.15, -0.1) is 11.6 Å². The molecule has 26 heteroatoms. The number of benzene rings is 3. The lowest BCUT2D eigenvalue weighted by atomic mass is 9.81. The van der Waals surface area contributed by atoms with Crippen LogP contribution in [0.2, 0.25) is 5.02 Å². The number of carbonyl (C=O) groups is 7. The van der Waals surface area contributed by atoms with Gasteiger partial charge in [0.1, 0.15) is 29.4 Å². The lowest BCUT2D eigenvalue weighted by molar-refractivity contribution is -0.385. The number of imide groups is 1. The van der Waals surface area contributed by atoms with E-state index in [1.165, 1.54) is 12.7 Å². The lowest BCUT2D eigenvalue weighted by Gasteiger charge is -2.31. The number of sulfone groups is 1. The van der Waals surface area contributed by atoms with Gasteiger partial charge in [-0.25, -0.2) is 22.5 Å². The highest BCUT2D eigenvalue weighted by atomic mass is 35.5. The van der Waals surface area contributed by atoms with E-state index in [1.807, 2.05) is 26.0 Å². The zero-order valence-electron chi connectivity index (χ0n) is 43.8. The average molecular weight is 1160 g/mol. The molecule has 3 fully saturated rings. The van der Waals surface area contributed by atoms with Crippen LogP contribution in [-0.2, 0) is 54.3 Å². The summed E-state index contributed by atoms with van der Waals surface area (Å²) in [6.45, 7) is 11.0. The van der Waals surface area contributed by atoms with E-state index in [-0.39, 0.29) is 76.5 Å². The van der Waals surface area contributed by atoms with E-state index >= 15 is 0 Å². The van der Waals surface area contributed by atoms with E-state index < -0.39 is 86.5 Å². The summed E-state index contributed by atoms with van der Waals surface area (Å²) in [6, 6.07) is 10.1. The molecule has 21 nitrogen and oxygen atoms in total. The van der Waals surface area contributed by atoms with Crippen molar-refractivity contribution in [2.75, 3.05) is 48.5 Å². The Hall–Kier alpha value is -5.94. The smallest absolute Gasteiger partial charge is 0.427 e. The van der Waals surface area contributed by atoms with Gasteiger partial charge >= 0.3 is 18.0 Å². The Labute approximate surface area is 455 Å². The monoisotopic (exact) mass is 1160 g/mol. The number of aryl methyl sites for hydroxylation is 2. The van der Waals surface area contributed by atoms with Crippen molar-refractivity contribution in [2.24, 2.45) is 11.7 Å². The Balaban J connectivity index is 0.000000279. The first-order valence-corrected chi connectivity index (χ1v) is 29.2. The van der Waals surface area contributed by atoms with E-state index in [1.54, 1.807) is 25.9 Å². The van der Waals surface area contributed by atoms with Crippen molar-refractivity contribution in [3.8, 4) is 5.75 Å². The normalized spacial score (nSPS) is 16.3. The molecule has 3 aliphatic rings. The Morgan fingerprint density at radius 2 is 1.66 bits per heavy atom. The number of allylic oxidation sites excluding steroid dienone is 1. The number of para-hydroxylation sites is 1. The molecule has 3 aromatic rings. The highest BCUT2D eigenvalue weighted by Gasteiger charge is 2.41. The summed E-state index contributed by atoms with van der Waals surface area (Å²) in [4.78, 5) is 104. The van der Waals surface area contributed by atoms with Crippen LogP contribution in [0.4, 0.5) is 26.2 Å². The van der Waals surface area contributed by atoms with Crippen molar-refractivity contribution in [3.05, 3.63) is 97.5 Å². The number of Topliss-reactive ketones (excluding diaryl/α,β-unsaturated/α-hetero) is 3. The third-order valence-corrected chi connectivity index (χ3v) is 14.7. The number of hydrogen-bond donors (Lipinski definition) is 3. The summed E-state index contributed by atoms with van der Waals surface area (Å²) in [7, 11) is -5.16. The van der Waals surface area contributed by atoms with Crippen LogP contribution in [0.25, 0.3) is 0 Å². The van der Waals surface area contributed by atoms with Gasteiger partial charge in [-0.1, -0.05) is 36.7 Å². The van der Waals surface area contributed by atoms with Crippen molar-refractivity contribution in [3.63, 3.8) is 0 Å². The molecule has 6 rings (SSSR count). The summed E-state index contributed by atoms with van der Waals surface area (Å²) in [5.74, 6) is -6.19. The Morgan fingerprint density at radius 3 is 2.16 bits per heavy atom. The fourth-order valence-electron chi connectivity index (χ4n) is 8.13. The number of carboxylic acids is 1. The molecule has 1 saturated heterocycles. The number of nitro benzene ring substituents is 1. The van der Waals surface area contributed by atoms with Gasteiger partial charge < -0.3 is 34.8 Å². The van der Waals surface area contributed by atoms with Gasteiger partial charge in [0.25, 0.3) is 5.69 Å². The molecule has 2 saturated carbocycles. The molecular formula is C51H64Cl2FN4O17PS. The number of methoxy groups -OCH3 is 1. The molecule has 77 heavy (non-hydrogen) atoms. The number of amides is 3. The zero-order valence-corrected chi connectivity index (χ0v) is 47.1. The summed E-state index contributed by atoms with van der Waals surface area (Å²) in [5.41, 5.74) is 7.45. The molecule has 1 aliphatic heterocycles. The minimum absolute atomic E-state index is 0.00962. The molecule has 0 aromatic heterocycles.